The second-order valence-corrected chi connectivity index (χ2v) is 6.83. The maximum atomic E-state index is 5.96. The third kappa shape index (κ3) is 4.71. The Labute approximate surface area is 132 Å². The third-order valence-corrected chi connectivity index (χ3v) is 5.12. The molecule has 1 aliphatic heterocycles. The first kappa shape index (κ1) is 16.3. The average Bonchev–Trinajstić information content (AvgIpc) is 2.99. The number of hydrogen-bond donors (Lipinski definition) is 2. The Balaban J connectivity index is 1.94. The molecule has 1 saturated heterocycles. The second-order valence-electron chi connectivity index (χ2n) is 5.85. The molecule has 0 bridgehead atoms. The Kier molecular flexibility index (Phi) is 6.51. The summed E-state index contributed by atoms with van der Waals surface area (Å²) in [5, 5.41) is 5.37. The van der Waals surface area contributed by atoms with Crippen LogP contribution in [0.15, 0.2) is 22.5 Å². The van der Waals surface area contributed by atoms with Crippen LogP contribution in [-0.4, -0.2) is 37.5 Å². The molecule has 5 heteroatoms. The Bertz CT molecular complexity index is 429. The summed E-state index contributed by atoms with van der Waals surface area (Å²) in [6.07, 6.45) is 4.80. The predicted molar refractivity (Wildman–Crippen MR) is 91.8 cm³/mol. The van der Waals surface area contributed by atoms with Crippen LogP contribution in [0.25, 0.3) is 0 Å². The van der Waals surface area contributed by atoms with E-state index in [0.29, 0.717) is 17.9 Å². The lowest BCUT2D eigenvalue weighted by atomic mass is 9.88. The van der Waals surface area contributed by atoms with Crippen molar-refractivity contribution in [2.24, 2.45) is 16.6 Å². The van der Waals surface area contributed by atoms with Crippen molar-refractivity contribution in [3.63, 3.8) is 0 Å². The lowest BCUT2D eigenvalue weighted by Gasteiger charge is -2.38. The molecular weight excluding hydrogens is 280 g/mol. The van der Waals surface area contributed by atoms with Gasteiger partial charge in [-0.05, 0) is 50.2 Å². The monoisotopic (exact) mass is 308 g/mol. The quantitative estimate of drug-likeness (QED) is 0.483. The molecule has 1 aromatic rings. The maximum Gasteiger partial charge on any atom is 0.188 e. The van der Waals surface area contributed by atoms with Gasteiger partial charge >= 0.3 is 0 Å². The molecule has 2 rings (SSSR count). The van der Waals surface area contributed by atoms with Gasteiger partial charge in [0.2, 0.25) is 0 Å². The molecule has 0 aliphatic carbocycles. The Morgan fingerprint density at radius 2 is 2.43 bits per heavy atom. The number of rotatable bonds is 6. The molecule has 1 fully saturated rings. The van der Waals surface area contributed by atoms with Gasteiger partial charge in [-0.25, -0.2) is 0 Å². The SMILES string of the molecule is CCCCNC(N)=NCC1CCCN(C)C1c1cccs1. The van der Waals surface area contributed by atoms with Gasteiger partial charge in [-0.1, -0.05) is 19.4 Å². The molecular formula is C16H28N4S. The van der Waals surface area contributed by atoms with Crippen molar-refractivity contribution >= 4 is 17.3 Å². The molecule has 0 amide bonds. The minimum absolute atomic E-state index is 0.492. The zero-order chi connectivity index (χ0) is 15.1. The summed E-state index contributed by atoms with van der Waals surface area (Å²) in [5.74, 6) is 1.16. The van der Waals surface area contributed by atoms with E-state index in [1.54, 1.807) is 0 Å². The first-order valence-electron chi connectivity index (χ1n) is 7.99. The fraction of sp³-hybridized carbons (Fsp3) is 0.688. The number of nitrogens with two attached hydrogens (primary N) is 1. The number of thiophene rings is 1. The number of piperidine rings is 1. The van der Waals surface area contributed by atoms with E-state index in [1.807, 2.05) is 11.3 Å². The van der Waals surface area contributed by atoms with Crippen molar-refractivity contribution in [2.75, 3.05) is 26.7 Å². The van der Waals surface area contributed by atoms with Gasteiger partial charge in [0, 0.05) is 24.0 Å². The molecule has 0 spiro atoms. The summed E-state index contributed by atoms with van der Waals surface area (Å²) in [7, 11) is 2.23. The van der Waals surface area contributed by atoms with Crippen LogP contribution in [0.5, 0.6) is 0 Å². The first-order valence-corrected chi connectivity index (χ1v) is 8.87. The lowest BCUT2D eigenvalue weighted by molar-refractivity contribution is 0.128. The van der Waals surface area contributed by atoms with Crippen molar-refractivity contribution in [1.29, 1.82) is 0 Å². The second kappa shape index (κ2) is 8.39. The molecule has 1 aliphatic rings. The van der Waals surface area contributed by atoms with Crippen LogP contribution in [0.3, 0.4) is 0 Å². The van der Waals surface area contributed by atoms with Crippen LogP contribution < -0.4 is 11.1 Å². The summed E-state index contributed by atoms with van der Waals surface area (Å²) in [5.41, 5.74) is 5.96. The summed E-state index contributed by atoms with van der Waals surface area (Å²) < 4.78 is 0. The van der Waals surface area contributed by atoms with Gasteiger partial charge in [-0.3, -0.25) is 9.89 Å². The number of hydrogen-bond acceptors (Lipinski definition) is 3. The number of guanidine groups is 1. The molecule has 2 unspecified atom stereocenters. The van der Waals surface area contributed by atoms with E-state index < -0.39 is 0 Å². The highest BCUT2D eigenvalue weighted by Crippen LogP contribution is 2.37. The molecule has 21 heavy (non-hydrogen) atoms. The van der Waals surface area contributed by atoms with Crippen molar-refractivity contribution < 1.29 is 0 Å². The Morgan fingerprint density at radius 1 is 1.57 bits per heavy atom. The number of nitrogens with one attached hydrogen (secondary N) is 1. The summed E-state index contributed by atoms with van der Waals surface area (Å²) in [6, 6.07) is 4.88. The molecule has 118 valence electrons. The molecule has 4 nitrogen and oxygen atoms in total. The molecule has 1 aromatic heterocycles. The Morgan fingerprint density at radius 3 is 3.14 bits per heavy atom. The van der Waals surface area contributed by atoms with Crippen molar-refractivity contribution in [2.45, 2.75) is 38.6 Å². The van der Waals surface area contributed by atoms with Gasteiger partial charge in [0.05, 0.1) is 0 Å². The average molecular weight is 308 g/mol. The minimum atomic E-state index is 0.492. The van der Waals surface area contributed by atoms with Crippen LogP contribution in [0, 0.1) is 5.92 Å². The zero-order valence-electron chi connectivity index (χ0n) is 13.2. The highest BCUT2D eigenvalue weighted by Gasteiger charge is 2.30. The van der Waals surface area contributed by atoms with Crippen molar-refractivity contribution in [3.05, 3.63) is 22.4 Å². The van der Waals surface area contributed by atoms with Crippen LogP contribution in [0.4, 0.5) is 0 Å². The van der Waals surface area contributed by atoms with Gasteiger partial charge in [0.1, 0.15) is 0 Å². The fourth-order valence-electron chi connectivity index (χ4n) is 3.02. The van der Waals surface area contributed by atoms with Crippen molar-refractivity contribution in [3.8, 4) is 0 Å². The van der Waals surface area contributed by atoms with Crippen LogP contribution >= 0.6 is 11.3 Å². The number of nitrogens with zero attached hydrogens (tertiary/aromatic N) is 2. The van der Waals surface area contributed by atoms with Crippen LogP contribution in [0.1, 0.15) is 43.5 Å². The molecule has 0 saturated carbocycles. The van der Waals surface area contributed by atoms with Gasteiger partial charge in [0.25, 0.3) is 0 Å². The summed E-state index contributed by atoms with van der Waals surface area (Å²) in [6.45, 7) is 5.09. The van der Waals surface area contributed by atoms with E-state index in [-0.39, 0.29) is 0 Å². The highest BCUT2D eigenvalue weighted by molar-refractivity contribution is 7.10. The Hall–Kier alpha value is -1.07. The van der Waals surface area contributed by atoms with E-state index >= 15 is 0 Å². The first-order chi connectivity index (χ1) is 10.2. The van der Waals surface area contributed by atoms with Crippen LogP contribution in [0.2, 0.25) is 0 Å². The topological polar surface area (TPSA) is 53.6 Å². The van der Waals surface area contributed by atoms with Gasteiger partial charge in [-0.15, -0.1) is 11.3 Å². The van der Waals surface area contributed by atoms with E-state index in [1.165, 1.54) is 30.7 Å². The van der Waals surface area contributed by atoms with E-state index in [4.69, 9.17) is 5.73 Å². The standard InChI is InChI=1S/C16H28N4S/c1-3-4-9-18-16(17)19-12-13-7-5-10-20(2)15(13)14-8-6-11-21-14/h6,8,11,13,15H,3-5,7,9-10,12H2,1-2H3,(H3,17,18,19). The molecule has 2 heterocycles. The van der Waals surface area contributed by atoms with Crippen molar-refractivity contribution in [1.82, 2.24) is 10.2 Å². The van der Waals surface area contributed by atoms with Crippen LogP contribution in [-0.2, 0) is 0 Å². The largest absolute Gasteiger partial charge is 0.370 e. The molecule has 0 aromatic carbocycles. The molecule has 0 radical (unpaired) electrons. The molecule has 2 atom stereocenters. The zero-order valence-corrected chi connectivity index (χ0v) is 14.0. The summed E-state index contributed by atoms with van der Waals surface area (Å²) in [4.78, 5) is 8.50. The fourth-order valence-corrected chi connectivity index (χ4v) is 4.01. The highest BCUT2D eigenvalue weighted by atomic mass is 32.1. The lowest BCUT2D eigenvalue weighted by Crippen LogP contribution is -2.38. The third-order valence-electron chi connectivity index (χ3n) is 4.17. The van der Waals surface area contributed by atoms with Gasteiger partial charge in [-0.2, -0.15) is 0 Å². The van der Waals surface area contributed by atoms with Gasteiger partial charge in [0.15, 0.2) is 5.96 Å². The number of aliphatic imine (C=N–C) groups is 1. The van der Waals surface area contributed by atoms with E-state index in [2.05, 4.69) is 46.7 Å². The number of unbranched alkanes of at least 4 members (excludes halogenated alkanes) is 1. The molecule has 3 N–H and O–H groups in total. The predicted octanol–water partition coefficient (Wildman–Crippen LogP) is 2.84. The maximum absolute atomic E-state index is 5.96. The number of likely N-dealkylation sites (tertiary alicyclic amines) is 1. The normalized spacial score (nSPS) is 24.2. The minimum Gasteiger partial charge on any atom is -0.370 e. The van der Waals surface area contributed by atoms with Gasteiger partial charge < -0.3 is 11.1 Å². The van der Waals surface area contributed by atoms with E-state index in [0.717, 1.165) is 19.5 Å². The van der Waals surface area contributed by atoms with E-state index in [9.17, 15) is 0 Å². The summed E-state index contributed by atoms with van der Waals surface area (Å²) >= 11 is 1.85. The smallest absolute Gasteiger partial charge is 0.188 e.